The van der Waals surface area contributed by atoms with Gasteiger partial charge in [0.2, 0.25) is 0 Å². The highest BCUT2D eigenvalue weighted by Gasteiger charge is 2.00. The Morgan fingerprint density at radius 3 is 3.07 bits per heavy atom. The van der Waals surface area contributed by atoms with Gasteiger partial charge in [-0.1, -0.05) is 4.49 Å². The quantitative estimate of drug-likeness (QED) is 0.771. The van der Waals surface area contributed by atoms with Crippen LogP contribution in [0.2, 0.25) is 0 Å². The van der Waals surface area contributed by atoms with E-state index in [0.29, 0.717) is 12.2 Å². The Morgan fingerprint density at radius 1 is 1.50 bits per heavy atom. The Hall–Kier alpha value is -1.69. The average Bonchev–Trinajstić information content (AvgIpc) is 2.64. The minimum atomic E-state index is -0.0906. The highest BCUT2D eigenvalue weighted by molar-refractivity contribution is 7.03. The van der Waals surface area contributed by atoms with Gasteiger partial charge in [0, 0.05) is 23.3 Å². The number of hydrogen-bond acceptors (Lipinski definition) is 5. The molecule has 2 rings (SSSR count). The topological polar surface area (TPSA) is 73.8 Å². The molecule has 2 N–H and O–H groups in total. The third-order valence-corrected chi connectivity index (χ3v) is 2.30. The van der Waals surface area contributed by atoms with Crippen molar-refractivity contribution in [2.24, 2.45) is 0 Å². The lowest BCUT2D eigenvalue weighted by molar-refractivity contribution is 0.737. The molecule has 72 valence electrons. The van der Waals surface area contributed by atoms with Crippen LogP contribution in [0.4, 0.5) is 5.69 Å². The maximum Gasteiger partial charge on any atom is 0.251 e. The van der Waals surface area contributed by atoms with Crippen LogP contribution < -0.4 is 11.3 Å². The minimum Gasteiger partial charge on any atom is -0.398 e. The van der Waals surface area contributed by atoms with E-state index in [2.05, 4.69) is 9.59 Å². The Kier molecular flexibility index (Phi) is 2.28. The monoisotopic (exact) mass is 208 g/mol. The van der Waals surface area contributed by atoms with Crippen molar-refractivity contribution in [3.05, 3.63) is 39.8 Å². The summed E-state index contributed by atoms with van der Waals surface area (Å²) >= 11 is 1.26. The number of nitrogen functional groups attached to an aromatic ring is 1. The molecule has 0 amide bonds. The molecule has 0 aliphatic carbocycles. The molecule has 0 saturated carbocycles. The third-order valence-electron chi connectivity index (χ3n) is 1.74. The SMILES string of the molecule is Nc1ccc(=O)n(Cc2csnn2)c1. The van der Waals surface area contributed by atoms with E-state index in [1.54, 1.807) is 17.6 Å². The van der Waals surface area contributed by atoms with Gasteiger partial charge in [-0.05, 0) is 17.6 Å². The normalized spacial score (nSPS) is 10.3. The zero-order valence-corrected chi connectivity index (χ0v) is 8.07. The van der Waals surface area contributed by atoms with Crippen LogP contribution in [0.25, 0.3) is 0 Å². The number of hydrogen-bond donors (Lipinski definition) is 1. The second-order valence-electron chi connectivity index (χ2n) is 2.82. The van der Waals surface area contributed by atoms with Gasteiger partial charge in [0.05, 0.1) is 12.2 Å². The van der Waals surface area contributed by atoms with E-state index in [1.165, 1.54) is 22.2 Å². The molecule has 0 aliphatic heterocycles. The summed E-state index contributed by atoms with van der Waals surface area (Å²) in [5.74, 6) is 0. The Labute approximate surface area is 84.0 Å². The van der Waals surface area contributed by atoms with Gasteiger partial charge < -0.3 is 10.3 Å². The highest BCUT2D eigenvalue weighted by Crippen LogP contribution is 2.01. The minimum absolute atomic E-state index is 0.0906. The number of anilines is 1. The summed E-state index contributed by atoms with van der Waals surface area (Å²) in [6.45, 7) is 0.417. The summed E-state index contributed by atoms with van der Waals surface area (Å²) in [5.41, 5.74) is 6.80. The van der Waals surface area contributed by atoms with Crippen molar-refractivity contribution in [3.63, 3.8) is 0 Å². The second kappa shape index (κ2) is 3.59. The Bertz CT molecular complexity index is 476. The number of rotatable bonds is 2. The molecule has 14 heavy (non-hydrogen) atoms. The zero-order valence-electron chi connectivity index (χ0n) is 7.25. The number of aromatic nitrogens is 3. The lowest BCUT2D eigenvalue weighted by Crippen LogP contribution is -2.19. The van der Waals surface area contributed by atoms with Crippen LogP contribution in [-0.2, 0) is 6.54 Å². The number of nitrogens with zero attached hydrogens (tertiary/aromatic N) is 3. The van der Waals surface area contributed by atoms with Crippen LogP contribution in [0.3, 0.4) is 0 Å². The summed E-state index contributed by atoms with van der Waals surface area (Å²) in [5, 5.41) is 5.65. The van der Waals surface area contributed by atoms with Crippen molar-refractivity contribution in [2.75, 3.05) is 5.73 Å². The van der Waals surface area contributed by atoms with Crippen molar-refractivity contribution >= 4 is 17.2 Å². The van der Waals surface area contributed by atoms with E-state index < -0.39 is 0 Å². The summed E-state index contributed by atoms with van der Waals surface area (Å²) in [6.07, 6.45) is 1.60. The molecule has 0 fully saturated rings. The first-order valence-electron chi connectivity index (χ1n) is 3.97. The van der Waals surface area contributed by atoms with Crippen molar-refractivity contribution in [3.8, 4) is 0 Å². The molecule has 0 spiro atoms. The van der Waals surface area contributed by atoms with Gasteiger partial charge in [0.25, 0.3) is 5.56 Å². The van der Waals surface area contributed by atoms with Crippen molar-refractivity contribution < 1.29 is 0 Å². The van der Waals surface area contributed by atoms with Crippen LogP contribution >= 0.6 is 11.5 Å². The molecule has 0 saturated heterocycles. The Balaban J connectivity index is 2.33. The largest absolute Gasteiger partial charge is 0.398 e. The number of pyridine rings is 1. The molecule has 0 atom stereocenters. The molecule has 2 aromatic rings. The average molecular weight is 208 g/mol. The molecule has 0 aromatic carbocycles. The smallest absolute Gasteiger partial charge is 0.251 e. The second-order valence-corrected chi connectivity index (χ2v) is 3.43. The molecule has 5 nitrogen and oxygen atoms in total. The molecule has 0 aliphatic rings. The molecular weight excluding hydrogens is 200 g/mol. The zero-order chi connectivity index (χ0) is 9.97. The van der Waals surface area contributed by atoms with Crippen LogP contribution in [0, 0.1) is 0 Å². The van der Waals surface area contributed by atoms with Crippen LogP contribution in [0.1, 0.15) is 5.69 Å². The van der Waals surface area contributed by atoms with E-state index in [9.17, 15) is 4.79 Å². The van der Waals surface area contributed by atoms with Crippen molar-refractivity contribution in [1.82, 2.24) is 14.2 Å². The Morgan fingerprint density at radius 2 is 2.36 bits per heavy atom. The van der Waals surface area contributed by atoms with E-state index in [0.717, 1.165) is 5.69 Å². The fraction of sp³-hybridized carbons (Fsp3) is 0.125. The summed E-state index contributed by atoms with van der Waals surface area (Å²) in [4.78, 5) is 11.4. The van der Waals surface area contributed by atoms with Crippen LogP contribution in [0.5, 0.6) is 0 Å². The van der Waals surface area contributed by atoms with Gasteiger partial charge >= 0.3 is 0 Å². The third kappa shape index (κ3) is 1.80. The van der Waals surface area contributed by atoms with Gasteiger partial charge in [0.15, 0.2) is 0 Å². The molecule has 0 unspecified atom stereocenters. The maximum atomic E-state index is 11.4. The lowest BCUT2D eigenvalue weighted by atomic mass is 10.4. The summed E-state index contributed by atoms with van der Waals surface area (Å²) in [7, 11) is 0. The van der Waals surface area contributed by atoms with Crippen LogP contribution in [0.15, 0.2) is 28.5 Å². The van der Waals surface area contributed by atoms with Crippen molar-refractivity contribution in [1.29, 1.82) is 0 Å². The standard InChI is InChI=1S/C8H8N4OS/c9-6-1-2-8(13)12(3-6)4-7-5-14-11-10-7/h1-3,5H,4,9H2. The molecule has 0 bridgehead atoms. The van der Waals surface area contributed by atoms with Gasteiger partial charge in [-0.3, -0.25) is 4.79 Å². The van der Waals surface area contributed by atoms with E-state index in [4.69, 9.17) is 5.73 Å². The van der Waals surface area contributed by atoms with Gasteiger partial charge in [-0.25, -0.2) is 0 Å². The fourth-order valence-corrected chi connectivity index (χ4v) is 1.54. The van der Waals surface area contributed by atoms with E-state index in [-0.39, 0.29) is 5.56 Å². The maximum absolute atomic E-state index is 11.4. The summed E-state index contributed by atoms with van der Waals surface area (Å²) < 4.78 is 5.22. The molecule has 2 heterocycles. The molecule has 2 aromatic heterocycles. The van der Waals surface area contributed by atoms with Gasteiger partial charge in [0.1, 0.15) is 0 Å². The predicted octanol–water partition coefficient (Wildman–Crippen LogP) is 0.330. The molecular formula is C8H8N4OS. The van der Waals surface area contributed by atoms with Gasteiger partial charge in [-0.15, -0.1) is 5.10 Å². The first-order chi connectivity index (χ1) is 6.75. The van der Waals surface area contributed by atoms with Gasteiger partial charge in [-0.2, -0.15) is 0 Å². The molecule has 0 radical (unpaired) electrons. The first kappa shape index (κ1) is 8.89. The predicted molar refractivity (Wildman–Crippen MR) is 54.1 cm³/mol. The van der Waals surface area contributed by atoms with E-state index >= 15 is 0 Å². The van der Waals surface area contributed by atoms with Crippen LogP contribution in [-0.4, -0.2) is 14.2 Å². The fourth-order valence-electron chi connectivity index (χ4n) is 1.10. The lowest BCUT2D eigenvalue weighted by Gasteiger charge is -2.02. The first-order valence-corrected chi connectivity index (χ1v) is 4.81. The number of nitrogens with two attached hydrogens (primary N) is 1. The molecule has 6 heteroatoms. The van der Waals surface area contributed by atoms with E-state index in [1.807, 2.05) is 0 Å². The highest BCUT2D eigenvalue weighted by atomic mass is 32.1. The van der Waals surface area contributed by atoms with Crippen molar-refractivity contribution in [2.45, 2.75) is 6.54 Å². The summed E-state index contributed by atoms with van der Waals surface area (Å²) in [6, 6.07) is 3.02.